The van der Waals surface area contributed by atoms with Crippen LogP contribution in [0.1, 0.15) is 5.56 Å². The summed E-state index contributed by atoms with van der Waals surface area (Å²) in [5, 5.41) is 17.7. The smallest absolute Gasteiger partial charge is 0.269 e. The normalized spacial score (nSPS) is 10.3. The first-order chi connectivity index (χ1) is 8.80. The van der Waals surface area contributed by atoms with E-state index in [4.69, 9.17) is 44.9 Å². The topological polar surface area (TPSA) is 76.2 Å². The van der Waals surface area contributed by atoms with Gasteiger partial charge in [0, 0.05) is 17.7 Å². The summed E-state index contributed by atoms with van der Waals surface area (Å²) in [5.41, 5.74) is 0.564. The summed E-state index contributed by atoms with van der Waals surface area (Å²) in [6.07, 6.45) is 0. The zero-order valence-electron chi connectivity index (χ0n) is 9.32. The Kier molecular flexibility index (Phi) is 5.43. The van der Waals surface area contributed by atoms with Crippen LogP contribution in [0.2, 0.25) is 0 Å². The third-order valence-corrected chi connectivity index (χ3v) is 2.37. The summed E-state index contributed by atoms with van der Waals surface area (Å²) in [5.74, 6) is 4.77. The summed E-state index contributed by atoms with van der Waals surface area (Å²) < 4.78 is 2.89. The van der Waals surface area contributed by atoms with Crippen LogP contribution in [-0.2, 0) is 4.74 Å². The molecule has 0 aliphatic rings. The molecule has 0 saturated heterocycles. The second-order valence-electron chi connectivity index (χ2n) is 3.22. The number of hydrogen-bond donors (Lipinski definition) is 1. The fourth-order valence-electron chi connectivity index (χ4n) is 0.995. The van der Waals surface area contributed by atoms with Gasteiger partial charge in [-0.15, -0.1) is 0 Å². The third-order valence-electron chi connectivity index (χ3n) is 1.86. The van der Waals surface area contributed by atoms with Crippen molar-refractivity contribution in [2.45, 2.75) is 3.79 Å². The van der Waals surface area contributed by atoms with Crippen LogP contribution in [0, 0.1) is 27.4 Å². The van der Waals surface area contributed by atoms with Crippen molar-refractivity contribution < 1.29 is 9.66 Å². The van der Waals surface area contributed by atoms with Crippen molar-refractivity contribution in [2.75, 3.05) is 6.61 Å². The predicted octanol–water partition coefficient (Wildman–Crippen LogP) is 3.31. The number of nitro benzene ring substituents is 1. The maximum Gasteiger partial charge on any atom is 0.269 e. The largest absolute Gasteiger partial charge is 0.465 e. The Morgan fingerprint density at radius 2 is 1.95 bits per heavy atom. The van der Waals surface area contributed by atoms with Gasteiger partial charge in [0.15, 0.2) is 6.61 Å². The van der Waals surface area contributed by atoms with E-state index in [0.717, 1.165) is 0 Å². The molecule has 1 N–H and O–H groups in total. The number of non-ortho nitro benzene ring substituents is 1. The molecule has 0 spiro atoms. The van der Waals surface area contributed by atoms with Crippen molar-refractivity contribution in [3.63, 3.8) is 0 Å². The Balaban J connectivity index is 2.55. The predicted molar refractivity (Wildman–Crippen MR) is 73.9 cm³/mol. The first-order valence-electron chi connectivity index (χ1n) is 4.82. The van der Waals surface area contributed by atoms with Crippen LogP contribution in [0.4, 0.5) is 5.69 Å². The van der Waals surface area contributed by atoms with Gasteiger partial charge in [0.25, 0.3) is 9.48 Å². The van der Waals surface area contributed by atoms with E-state index >= 15 is 0 Å². The van der Waals surface area contributed by atoms with Crippen LogP contribution in [0.3, 0.4) is 0 Å². The van der Waals surface area contributed by atoms with Crippen molar-refractivity contribution in [1.82, 2.24) is 0 Å². The monoisotopic (exact) mass is 320 g/mol. The number of benzene rings is 1. The molecule has 1 aromatic carbocycles. The Labute approximate surface area is 124 Å². The van der Waals surface area contributed by atoms with Crippen molar-refractivity contribution in [2.24, 2.45) is 0 Å². The summed E-state index contributed by atoms with van der Waals surface area (Å²) >= 11 is 16.2. The average molecular weight is 322 g/mol. The maximum absolute atomic E-state index is 10.4. The number of alkyl halides is 3. The van der Waals surface area contributed by atoms with E-state index in [-0.39, 0.29) is 12.3 Å². The van der Waals surface area contributed by atoms with Crippen LogP contribution < -0.4 is 0 Å². The molecule has 0 bridgehead atoms. The molecule has 0 radical (unpaired) electrons. The molecule has 0 heterocycles. The minimum atomic E-state index is -1.91. The van der Waals surface area contributed by atoms with Crippen LogP contribution in [-0.4, -0.2) is 21.2 Å². The highest BCUT2D eigenvalue weighted by Gasteiger charge is 2.28. The van der Waals surface area contributed by atoms with Gasteiger partial charge in [-0.1, -0.05) is 46.6 Å². The van der Waals surface area contributed by atoms with Crippen molar-refractivity contribution in [1.29, 1.82) is 5.41 Å². The number of nitrogens with zero attached hydrogens (tertiary/aromatic N) is 1. The molecule has 19 heavy (non-hydrogen) atoms. The van der Waals surface area contributed by atoms with E-state index in [1.807, 2.05) is 0 Å². The first-order valence-corrected chi connectivity index (χ1v) is 5.96. The molecule has 0 unspecified atom stereocenters. The van der Waals surface area contributed by atoms with E-state index < -0.39 is 14.6 Å². The van der Waals surface area contributed by atoms with Gasteiger partial charge in [-0.3, -0.25) is 15.5 Å². The van der Waals surface area contributed by atoms with Gasteiger partial charge < -0.3 is 4.74 Å². The van der Waals surface area contributed by atoms with Gasteiger partial charge >= 0.3 is 0 Å². The number of rotatable bonds is 2. The molecule has 0 aliphatic heterocycles. The molecule has 8 heteroatoms. The van der Waals surface area contributed by atoms with Gasteiger partial charge in [0.05, 0.1) is 4.92 Å². The van der Waals surface area contributed by atoms with E-state index in [2.05, 4.69) is 11.8 Å². The van der Waals surface area contributed by atoms with Gasteiger partial charge in [-0.05, 0) is 12.1 Å². The van der Waals surface area contributed by atoms with Crippen LogP contribution >= 0.6 is 34.8 Å². The Morgan fingerprint density at radius 1 is 1.37 bits per heavy atom. The Hall–Kier alpha value is -1.48. The molecule has 0 atom stereocenters. The first kappa shape index (κ1) is 15.6. The average Bonchev–Trinajstić information content (AvgIpc) is 2.33. The summed E-state index contributed by atoms with van der Waals surface area (Å²) in [6, 6.07) is 5.69. The molecular formula is C11H7Cl3N2O3. The fraction of sp³-hybridized carbons (Fsp3) is 0.182. The quantitative estimate of drug-likeness (QED) is 0.227. The molecule has 0 aliphatic carbocycles. The van der Waals surface area contributed by atoms with E-state index in [1.54, 1.807) is 0 Å². The highest BCUT2D eigenvalue weighted by molar-refractivity contribution is 6.76. The molecule has 100 valence electrons. The fourth-order valence-corrected chi connectivity index (χ4v) is 1.16. The van der Waals surface area contributed by atoms with E-state index in [1.165, 1.54) is 24.3 Å². The molecular weight excluding hydrogens is 314 g/mol. The Bertz CT molecular complexity index is 541. The number of ether oxygens (including phenoxy) is 1. The zero-order valence-corrected chi connectivity index (χ0v) is 11.6. The van der Waals surface area contributed by atoms with Gasteiger partial charge in [0.1, 0.15) is 0 Å². The molecule has 1 rings (SSSR count). The molecule has 0 amide bonds. The summed E-state index contributed by atoms with van der Waals surface area (Å²) in [6.45, 7) is -0.121. The minimum absolute atomic E-state index is 0.0141. The standard InChI is InChI=1S/C11H7Cl3N2O3/c12-11(13,14)10(15)19-7-1-2-8-3-5-9(6-4-8)16(17)18/h3-6,15H,7H2. The molecule has 0 saturated carbocycles. The highest BCUT2D eigenvalue weighted by atomic mass is 35.6. The molecule has 0 fully saturated rings. The lowest BCUT2D eigenvalue weighted by Gasteiger charge is -2.10. The van der Waals surface area contributed by atoms with Crippen molar-refractivity contribution in [3.05, 3.63) is 39.9 Å². The van der Waals surface area contributed by atoms with Gasteiger partial charge in [-0.2, -0.15) is 0 Å². The summed E-state index contributed by atoms with van der Waals surface area (Å²) in [4.78, 5) is 9.93. The maximum atomic E-state index is 10.4. The van der Waals surface area contributed by atoms with Crippen LogP contribution in [0.5, 0.6) is 0 Å². The van der Waals surface area contributed by atoms with Crippen LogP contribution in [0.15, 0.2) is 24.3 Å². The second kappa shape index (κ2) is 6.62. The lowest BCUT2D eigenvalue weighted by molar-refractivity contribution is -0.384. The zero-order chi connectivity index (χ0) is 14.5. The lowest BCUT2D eigenvalue weighted by atomic mass is 10.2. The van der Waals surface area contributed by atoms with Crippen molar-refractivity contribution in [3.8, 4) is 11.8 Å². The van der Waals surface area contributed by atoms with E-state index in [0.29, 0.717) is 5.56 Å². The second-order valence-corrected chi connectivity index (χ2v) is 5.50. The van der Waals surface area contributed by atoms with Gasteiger partial charge in [0.2, 0.25) is 5.90 Å². The summed E-state index contributed by atoms with van der Waals surface area (Å²) in [7, 11) is 0. The Morgan fingerprint density at radius 3 is 2.42 bits per heavy atom. The van der Waals surface area contributed by atoms with Gasteiger partial charge in [-0.25, -0.2) is 0 Å². The minimum Gasteiger partial charge on any atom is -0.465 e. The molecule has 5 nitrogen and oxygen atoms in total. The number of nitrogens with one attached hydrogen (secondary N) is 1. The van der Waals surface area contributed by atoms with Crippen LogP contribution in [0.25, 0.3) is 0 Å². The molecule has 0 aromatic heterocycles. The number of hydrogen-bond acceptors (Lipinski definition) is 4. The number of halogens is 3. The van der Waals surface area contributed by atoms with E-state index in [9.17, 15) is 10.1 Å². The highest BCUT2D eigenvalue weighted by Crippen LogP contribution is 2.27. The SMILES string of the molecule is N=C(OCC#Cc1ccc([N+](=O)[O-])cc1)C(Cl)(Cl)Cl. The van der Waals surface area contributed by atoms with Crippen molar-refractivity contribution >= 4 is 46.4 Å². The third kappa shape index (κ3) is 5.35. The lowest BCUT2D eigenvalue weighted by Crippen LogP contribution is -2.21. The number of nitro groups is 1. The molecule has 1 aromatic rings.